The minimum atomic E-state index is -3.46. The number of rotatable bonds is 5. The van der Waals surface area contributed by atoms with Gasteiger partial charge in [0.2, 0.25) is 0 Å². The first-order valence-electron chi connectivity index (χ1n) is 4.43. The molecule has 0 amide bonds. The second kappa shape index (κ2) is 4.93. The van der Waals surface area contributed by atoms with Gasteiger partial charge < -0.3 is 8.98 Å². The smallest absolute Gasteiger partial charge is 0.306 e. The van der Waals surface area contributed by atoms with Crippen molar-refractivity contribution in [2.24, 2.45) is 0 Å². The molecule has 0 aliphatic heterocycles. The molecule has 1 aromatic carbocycles. The van der Waals surface area contributed by atoms with Gasteiger partial charge in [-0.05, 0) is 24.1 Å². The molecular weight excluding hydrogens is 216 g/mol. The van der Waals surface area contributed by atoms with Crippen LogP contribution in [0.15, 0.2) is 24.3 Å². The SMILES string of the molecule is CS(=O)(=O)Oc1ccc(CCC=O)cc1. The number of aryl methyl sites for hydroxylation is 1. The summed E-state index contributed by atoms with van der Waals surface area (Å²) in [5.41, 5.74) is 0.975. The van der Waals surface area contributed by atoms with Gasteiger partial charge in [0, 0.05) is 6.42 Å². The lowest BCUT2D eigenvalue weighted by atomic mass is 10.1. The van der Waals surface area contributed by atoms with Crippen molar-refractivity contribution in [1.29, 1.82) is 0 Å². The van der Waals surface area contributed by atoms with E-state index in [0.29, 0.717) is 12.8 Å². The third-order valence-corrected chi connectivity index (χ3v) is 2.22. The molecule has 0 bridgehead atoms. The Hall–Kier alpha value is -1.36. The Labute approximate surface area is 89.0 Å². The maximum Gasteiger partial charge on any atom is 0.306 e. The lowest BCUT2D eigenvalue weighted by molar-refractivity contribution is -0.107. The normalized spacial score (nSPS) is 11.0. The highest BCUT2D eigenvalue weighted by molar-refractivity contribution is 7.86. The van der Waals surface area contributed by atoms with Crippen LogP contribution in [0.2, 0.25) is 0 Å². The second-order valence-corrected chi connectivity index (χ2v) is 4.71. The summed E-state index contributed by atoms with van der Waals surface area (Å²) in [5.74, 6) is 0.285. The van der Waals surface area contributed by atoms with Gasteiger partial charge in [0.25, 0.3) is 0 Å². The maximum atomic E-state index is 10.8. The molecule has 1 aromatic rings. The lowest BCUT2D eigenvalue weighted by Gasteiger charge is -2.03. The van der Waals surface area contributed by atoms with E-state index in [4.69, 9.17) is 0 Å². The fourth-order valence-corrected chi connectivity index (χ4v) is 1.57. The molecule has 0 unspecified atom stereocenters. The first-order valence-corrected chi connectivity index (χ1v) is 6.25. The van der Waals surface area contributed by atoms with Crippen LogP contribution < -0.4 is 4.18 Å². The minimum absolute atomic E-state index is 0.285. The van der Waals surface area contributed by atoms with E-state index in [2.05, 4.69) is 4.18 Å². The molecule has 0 radical (unpaired) electrons. The van der Waals surface area contributed by atoms with Crippen LogP contribution in [0.4, 0.5) is 0 Å². The van der Waals surface area contributed by atoms with Gasteiger partial charge in [-0.2, -0.15) is 8.42 Å². The van der Waals surface area contributed by atoms with Crippen molar-refractivity contribution >= 4 is 16.4 Å². The van der Waals surface area contributed by atoms with Crippen molar-refractivity contribution in [3.8, 4) is 5.75 Å². The van der Waals surface area contributed by atoms with Gasteiger partial charge >= 0.3 is 10.1 Å². The Bertz CT molecular complexity index is 419. The number of hydrogen-bond acceptors (Lipinski definition) is 4. The molecule has 0 heterocycles. The Balaban J connectivity index is 2.68. The molecule has 0 aromatic heterocycles. The molecule has 0 N–H and O–H groups in total. The zero-order valence-corrected chi connectivity index (χ0v) is 9.16. The summed E-state index contributed by atoms with van der Waals surface area (Å²) in [4.78, 5) is 10.1. The van der Waals surface area contributed by atoms with E-state index in [0.717, 1.165) is 18.1 Å². The molecule has 5 heteroatoms. The van der Waals surface area contributed by atoms with Crippen molar-refractivity contribution in [3.63, 3.8) is 0 Å². The Morgan fingerprint density at radius 3 is 2.33 bits per heavy atom. The highest BCUT2D eigenvalue weighted by atomic mass is 32.2. The number of hydrogen-bond donors (Lipinski definition) is 0. The molecule has 0 spiro atoms. The first kappa shape index (κ1) is 11.7. The molecule has 0 fully saturated rings. The number of carbonyl (C=O) groups excluding carboxylic acids is 1. The van der Waals surface area contributed by atoms with Gasteiger partial charge in [-0.3, -0.25) is 0 Å². The van der Waals surface area contributed by atoms with Crippen molar-refractivity contribution in [2.45, 2.75) is 12.8 Å². The highest BCUT2D eigenvalue weighted by Gasteiger charge is 2.03. The number of benzene rings is 1. The van der Waals surface area contributed by atoms with Gasteiger partial charge in [0.1, 0.15) is 12.0 Å². The average Bonchev–Trinajstić information content (AvgIpc) is 2.14. The van der Waals surface area contributed by atoms with E-state index >= 15 is 0 Å². The maximum absolute atomic E-state index is 10.8. The lowest BCUT2D eigenvalue weighted by Crippen LogP contribution is -2.05. The van der Waals surface area contributed by atoms with Crippen molar-refractivity contribution < 1.29 is 17.4 Å². The quantitative estimate of drug-likeness (QED) is 0.560. The summed E-state index contributed by atoms with van der Waals surface area (Å²) in [6.45, 7) is 0. The Morgan fingerprint density at radius 1 is 1.27 bits per heavy atom. The third kappa shape index (κ3) is 4.60. The average molecular weight is 228 g/mol. The zero-order chi connectivity index (χ0) is 11.3. The Morgan fingerprint density at radius 2 is 1.87 bits per heavy atom. The van der Waals surface area contributed by atoms with Crippen LogP contribution in [0.25, 0.3) is 0 Å². The predicted molar refractivity (Wildman–Crippen MR) is 56.3 cm³/mol. The zero-order valence-electron chi connectivity index (χ0n) is 8.34. The molecule has 15 heavy (non-hydrogen) atoms. The van der Waals surface area contributed by atoms with E-state index in [-0.39, 0.29) is 5.75 Å². The molecule has 0 saturated heterocycles. The summed E-state index contributed by atoms with van der Waals surface area (Å²) in [5, 5.41) is 0. The van der Waals surface area contributed by atoms with Crippen LogP contribution in [0.5, 0.6) is 5.75 Å². The van der Waals surface area contributed by atoms with Gasteiger partial charge in [-0.1, -0.05) is 12.1 Å². The van der Waals surface area contributed by atoms with Crippen LogP contribution in [0, 0.1) is 0 Å². The minimum Gasteiger partial charge on any atom is -0.383 e. The standard InChI is InChI=1S/C10H12O4S/c1-15(12,13)14-10-6-4-9(5-7-10)3-2-8-11/h4-8H,2-3H2,1H3. The van der Waals surface area contributed by atoms with E-state index in [1.807, 2.05) is 0 Å². The van der Waals surface area contributed by atoms with Crippen molar-refractivity contribution in [1.82, 2.24) is 0 Å². The molecule has 0 atom stereocenters. The van der Waals surface area contributed by atoms with Crippen LogP contribution in [-0.2, 0) is 21.3 Å². The van der Waals surface area contributed by atoms with Crippen molar-refractivity contribution in [2.75, 3.05) is 6.26 Å². The summed E-state index contributed by atoms with van der Waals surface area (Å²) in [6.07, 6.45) is 2.96. The number of carbonyl (C=O) groups is 1. The molecule has 82 valence electrons. The fraction of sp³-hybridized carbons (Fsp3) is 0.300. The summed E-state index contributed by atoms with van der Waals surface area (Å²) in [7, 11) is -3.46. The van der Waals surface area contributed by atoms with E-state index < -0.39 is 10.1 Å². The van der Waals surface area contributed by atoms with Crippen molar-refractivity contribution in [3.05, 3.63) is 29.8 Å². The van der Waals surface area contributed by atoms with Crippen LogP contribution in [-0.4, -0.2) is 21.0 Å². The van der Waals surface area contributed by atoms with E-state index in [9.17, 15) is 13.2 Å². The molecule has 0 saturated carbocycles. The topological polar surface area (TPSA) is 60.4 Å². The largest absolute Gasteiger partial charge is 0.383 e. The van der Waals surface area contributed by atoms with Gasteiger partial charge in [0.15, 0.2) is 0 Å². The van der Waals surface area contributed by atoms with Gasteiger partial charge in [0.05, 0.1) is 6.26 Å². The summed E-state index contributed by atoms with van der Waals surface area (Å²) >= 11 is 0. The highest BCUT2D eigenvalue weighted by Crippen LogP contribution is 2.14. The molecule has 1 rings (SSSR count). The first-order chi connectivity index (χ1) is 7.01. The van der Waals surface area contributed by atoms with E-state index in [1.165, 1.54) is 0 Å². The van der Waals surface area contributed by atoms with Crippen LogP contribution >= 0.6 is 0 Å². The van der Waals surface area contributed by atoms with Crippen LogP contribution in [0.3, 0.4) is 0 Å². The number of aldehydes is 1. The third-order valence-electron chi connectivity index (χ3n) is 1.72. The van der Waals surface area contributed by atoms with Gasteiger partial charge in [-0.15, -0.1) is 0 Å². The monoisotopic (exact) mass is 228 g/mol. The molecule has 4 nitrogen and oxygen atoms in total. The Kier molecular flexibility index (Phi) is 3.85. The fourth-order valence-electron chi connectivity index (χ4n) is 1.11. The van der Waals surface area contributed by atoms with Gasteiger partial charge in [-0.25, -0.2) is 0 Å². The molecule has 0 aliphatic carbocycles. The predicted octanol–water partition coefficient (Wildman–Crippen LogP) is 1.16. The van der Waals surface area contributed by atoms with E-state index in [1.54, 1.807) is 24.3 Å². The summed E-state index contributed by atoms with van der Waals surface area (Å²) < 4.78 is 26.2. The molecular formula is C10H12O4S. The molecule has 0 aliphatic rings. The van der Waals surface area contributed by atoms with Crippen LogP contribution in [0.1, 0.15) is 12.0 Å². The summed E-state index contributed by atoms with van der Waals surface area (Å²) in [6, 6.07) is 6.62. The second-order valence-electron chi connectivity index (χ2n) is 3.14.